The number of methoxy groups -OCH3 is 2. The lowest BCUT2D eigenvalue weighted by molar-refractivity contribution is -0.141. The zero-order chi connectivity index (χ0) is 18.9. The van der Waals surface area contributed by atoms with E-state index < -0.39 is 51.6 Å². The summed E-state index contributed by atoms with van der Waals surface area (Å²) < 4.78 is 61.9. The molecule has 2 N–H and O–H groups in total. The maximum Gasteiger partial charge on any atom is 0.433 e. The van der Waals surface area contributed by atoms with Crippen LogP contribution in [0.5, 0.6) is 5.88 Å². The Balaban J connectivity index is 2.74. The van der Waals surface area contributed by atoms with Crippen LogP contribution in [0.3, 0.4) is 0 Å². The molecule has 2 heterocycles. The fourth-order valence-corrected chi connectivity index (χ4v) is 2.11. The molecule has 2 aromatic rings. The Kier molecular flexibility index (Phi) is 5.02. The summed E-state index contributed by atoms with van der Waals surface area (Å²) in [6.45, 7) is 0. The van der Waals surface area contributed by atoms with Crippen LogP contribution in [0.25, 0.3) is 11.3 Å². The van der Waals surface area contributed by atoms with Gasteiger partial charge in [-0.15, -0.1) is 0 Å². The molecule has 11 heteroatoms. The van der Waals surface area contributed by atoms with Crippen molar-refractivity contribution in [3.8, 4) is 17.1 Å². The van der Waals surface area contributed by atoms with Crippen LogP contribution in [0, 0.1) is 5.82 Å². The van der Waals surface area contributed by atoms with Gasteiger partial charge >= 0.3 is 12.1 Å². The highest BCUT2D eigenvalue weighted by molar-refractivity contribution is 6.35. The third kappa shape index (κ3) is 3.43. The van der Waals surface area contributed by atoms with Crippen LogP contribution in [-0.4, -0.2) is 30.2 Å². The quantitative estimate of drug-likeness (QED) is 0.650. The van der Waals surface area contributed by atoms with Gasteiger partial charge in [-0.05, 0) is 12.1 Å². The molecule has 0 unspecified atom stereocenters. The molecule has 0 aliphatic carbocycles. The molecule has 0 radical (unpaired) electrons. The van der Waals surface area contributed by atoms with Crippen molar-refractivity contribution in [3.05, 3.63) is 34.4 Å². The molecule has 0 atom stereocenters. The number of halogens is 5. The monoisotopic (exact) mass is 379 g/mol. The maximum absolute atomic E-state index is 14.4. The Hall–Kier alpha value is -2.62. The second-order valence-corrected chi connectivity index (χ2v) is 4.97. The minimum atomic E-state index is -4.73. The summed E-state index contributed by atoms with van der Waals surface area (Å²) in [5.41, 5.74) is 2.34. The maximum atomic E-state index is 14.4. The van der Waals surface area contributed by atoms with E-state index in [-0.39, 0.29) is 5.56 Å². The lowest BCUT2D eigenvalue weighted by atomic mass is 10.1. The molecule has 0 saturated heterocycles. The molecule has 0 aliphatic heterocycles. The van der Waals surface area contributed by atoms with Crippen LogP contribution in [0.2, 0.25) is 5.02 Å². The molecular weight excluding hydrogens is 370 g/mol. The van der Waals surface area contributed by atoms with E-state index in [1.807, 2.05) is 0 Å². The van der Waals surface area contributed by atoms with Crippen molar-refractivity contribution < 1.29 is 31.8 Å². The van der Waals surface area contributed by atoms with Crippen LogP contribution < -0.4 is 10.5 Å². The topological polar surface area (TPSA) is 87.3 Å². The minimum absolute atomic E-state index is 0.249. The first-order valence-electron chi connectivity index (χ1n) is 6.47. The van der Waals surface area contributed by atoms with Gasteiger partial charge in [0.2, 0.25) is 5.88 Å². The number of rotatable bonds is 3. The zero-order valence-electron chi connectivity index (χ0n) is 12.7. The van der Waals surface area contributed by atoms with Crippen LogP contribution in [0.4, 0.5) is 23.2 Å². The summed E-state index contributed by atoms with van der Waals surface area (Å²) in [5, 5.41) is -0.480. The molecular formula is C14H10ClF4N3O3. The number of ether oxygens (including phenoxy) is 2. The predicted molar refractivity (Wildman–Crippen MR) is 79.7 cm³/mol. The highest BCUT2D eigenvalue weighted by atomic mass is 35.5. The van der Waals surface area contributed by atoms with Gasteiger partial charge in [0, 0.05) is 0 Å². The van der Waals surface area contributed by atoms with E-state index >= 15 is 0 Å². The standard InChI is InChI=1S/C14H10ClF4N3O3/c1-24-12-5(3-4-6(21-12)14(17,18)19)10-8(16)9(20)7(15)11(22-10)13(23)25-2/h3-4H,1-2H3,(H2,20,22). The number of anilines is 1. The molecule has 0 spiro atoms. The number of aromatic nitrogens is 2. The third-order valence-corrected chi connectivity index (χ3v) is 3.47. The number of nitrogen functional groups attached to an aromatic ring is 1. The van der Waals surface area contributed by atoms with E-state index in [1.165, 1.54) is 0 Å². The molecule has 0 bridgehead atoms. The number of pyridine rings is 2. The highest BCUT2D eigenvalue weighted by Gasteiger charge is 2.34. The van der Waals surface area contributed by atoms with Crippen molar-refractivity contribution in [2.75, 3.05) is 20.0 Å². The van der Waals surface area contributed by atoms with Crippen molar-refractivity contribution in [2.24, 2.45) is 0 Å². The average molecular weight is 380 g/mol. The fourth-order valence-electron chi connectivity index (χ4n) is 1.91. The summed E-state index contributed by atoms with van der Waals surface area (Å²) >= 11 is 5.77. The number of alkyl halides is 3. The first-order valence-corrected chi connectivity index (χ1v) is 6.85. The van der Waals surface area contributed by atoms with Crippen LogP contribution in [-0.2, 0) is 10.9 Å². The molecule has 0 aliphatic rings. The molecule has 134 valence electrons. The number of carbonyl (C=O) groups is 1. The first-order chi connectivity index (χ1) is 11.6. The molecule has 0 fully saturated rings. The van der Waals surface area contributed by atoms with Crippen molar-refractivity contribution in [2.45, 2.75) is 6.18 Å². The molecule has 2 rings (SSSR count). The molecule has 2 aromatic heterocycles. The summed E-state index contributed by atoms with van der Waals surface area (Å²) in [6, 6.07) is 1.51. The Morgan fingerprint density at radius 1 is 1.24 bits per heavy atom. The van der Waals surface area contributed by atoms with E-state index in [0.717, 1.165) is 20.3 Å². The summed E-state index contributed by atoms with van der Waals surface area (Å²) in [6.07, 6.45) is -4.73. The normalized spacial score (nSPS) is 11.3. The second-order valence-electron chi connectivity index (χ2n) is 4.59. The lowest BCUT2D eigenvalue weighted by Crippen LogP contribution is -2.12. The van der Waals surface area contributed by atoms with E-state index in [2.05, 4.69) is 14.7 Å². The Labute approximate surface area is 143 Å². The van der Waals surface area contributed by atoms with Gasteiger partial charge in [0.05, 0.1) is 30.5 Å². The smallest absolute Gasteiger partial charge is 0.433 e. The highest BCUT2D eigenvalue weighted by Crippen LogP contribution is 2.37. The van der Waals surface area contributed by atoms with E-state index in [1.54, 1.807) is 0 Å². The number of hydrogen-bond donors (Lipinski definition) is 1. The van der Waals surface area contributed by atoms with Gasteiger partial charge in [0.15, 0.2) is 11.5 Å². The van der Waals surface area contributed by atoms with Crippen molar-refractivity contribution in [1.29, 1.82) is 0 Å². The molecule has 25 heavy (non-hydrogen) atoms. The number of esters is 1. The van der Waals surface area contributed by atoms with E-state index in [9.17, 15) is 22.4 Å². The van der Waals surface area contributed by atoms with Gasteiger partial charge in [-0.25, -0.2) is 19.2 Å². The molecule has 0 amide bonds. The summed E-state index contributed by atoms with van der Waals surface area (Å²) in [4.78, 5) is 18.7. The SMILES string of the molecule is COC(=O)c1nc(-c2ccc(C(F)(F)F)nc2OC)c(F)c(N)c1Cl. The Morgan fingerprint density at radius 3 is 2.40 bits per heavy atom. The zero-order valence-corrected chi connectivity index (χ0v) is 13.5. The summed E-state index contributed by atoms with van der Waals surface area (Å²) in [5.74, 6) is -2.70. The minimum Gasteiger partial charge on any atom is -0.480 e. The van der Waals surface area contributed by atoms with Gasteiger partial charge in [-0.2, -0.15) is 13.2 Å². The molecule has 6 nitrogen and oxygen atoms in total. The van der Waals surface area contributed by atoms with Crippen LogP contribution >= 0.6 is 11.6 Å². The van der Waals surface area contributed by atoms with Crippen molar-refractivity contribution >= 4 is 23.3 Å². The number of nitrogens with zero attached hydrogens (tertiary/aromatic N) is 2. The number of nitrogens with two attached hydrogens (primary N) is 1. The van der Waals surface area contributed by atoms with E-state index in [0.29, 0.717) is 6.07 Å². The molecule has 0 saturated carbocycles. The van der Waals surface area contributed by atoms with Crippen LogP contribution in [0.1, 0.15) is 16.2 Å². The Bertz CT molecular complexity index is 843. The number of carbonyl (C=O) groups excluding carboxylic acids is 1. The van der Waals surface area contributed by atoms with Gasteiger partial charge in [-0.1, -0.05) is 11.6 Å². The average Bonchev–Trinajstić information content (AvgIpc) is 2.58. The second kappa shape index (κ2) is 6.71. The van der Waals surface area contributed by atoms with Crippen molar-refractivity contribution in [3.63, 3.8) is 0 Å². The predicted octanol–water partition coefficient (Wildman–Crippen LogP) is 3.33. The number of hydrogen-bond acceptors (Lipinski definition) is 6. The first kappa shape index (κ1) is 18.7. The van der Waals surface area contributed by atoms with Gasteiger partial charge in [0.1, 0.15) is 11.4 Å². The van der Waals surface area contributed by atoms with Gasteiger partial charge in [0.25, 0.3) is 0 Å². The fraction of sp³-hybridized carbons (Fsp3) is 0.214. The largest absolute Gasteiger partial charge is 0.480 e. The van der Waals surface area contributed by atoms with E-state index in [4.69, 9.17) is 22.1 Å². The lowest BCUT2D eigenvalue weighted by Gasteiger charge is -2.14. The molecule has 0 aromatic carbocycles. The van der Waals surface area contributed by atoms with Gasteiger partial charge in [-0.3, -0.25) is 0 Å². The van der Waals surface area contributed by atoms with Crippen LogP contribution in [0.15, 0.2) is 12.1 Å². The summed E-state index contributed by atoms with van der Waals surface area (Å²) in [7, 11) is 2.09. The van der Waals surface area contributed by atoms with Gasteiger partial charge < -0.3 is 15.2 Å². The van der Waals surface area contributed by atoms with Crippen molar-refractivity contribution in [1.82, 2.24) is 9.97 Å². The Morgan fingerprint density at radius 2 is 1.88 bits per heavy atom. The third-order valence-electron chi connectivity index (χ3n) is 3.09.